The Morgan fingerprint density at radius 2 is 2.00 bits per heavy atom. The third-order valence-electron chi connectivity index (χ3n) is 5.71. The minimum atomic E-state index is -0.0735. The fourth-order valence-corrected chi connectivity index (χ4v) is 3.99. The highest BCUT2D eigenvalue weighted by Gasteiger charge is 2.33. The Hall–Kier alpha value is -2.97. The van der Waals surface area contributed by atoms with E-state index in [1.54, 1.807) is 29.5 Å². The standard InChI is InChI=1S/C18H22N8O/c1-23-10-13-16(22-23)19-18(25(3)17(13)27)24(2)12-8-26(9-12)15-7-11-5-4-6-14(11)20-21-15/h7,10,12H,4-6,8-9H2,1-3H3. The molecule has 0 amide bonds. The van der Waals surface area contributed by atoms with E-state index in [0.717, 1.165) is 37.4 Å². The summed E-state index contributed by atoms with van der Waals surface area (Å²) in [5, 5.41) is 13.6. The molecule has 0 spiro atoms. The molecule has 0 atom stereocenters. The van der Waals surface area contributed by atoms with Gasteiger partial charge in [-0.25, -0.2) is 0 Å². The molecule has 9 heteroatoms. The monoisotopic (exact) mass is 366 g/mol. The average Bonchev–Trinajstić information content (AvgIpc) is 3.22. The topological polar surface area (TPSA) is 85.0 Å². The molecule has 1 aliphatic carbocycles. The molecular formula is C18H22N8O. The first kappa shape index (κ1) is 16.2. The van der Waals surface area contributed by atoms with E-state index in [9.17, 15) is 4.79 Å². The zero-order valence-electron chi connectivity index (χ0n) is 15.8. The van der Waals surface area contributed by atoms with Crippen LogP contribution in [0.4, 0.5) is 11.8 Å². The summed E-state index contributed by atoms with van der Waals surface area (Å²) in [6.07, 6.45) is 5.04. The van der Waals surface area contributed by atoms with Gasteiger partial charge in [-0.1, -0.05) is 0 Å². The summed E-state index contributed by atoms with van der Waals surface area (Å²) in [5.74, 6) is 1.58. The number of fused-ring (bicyclic) bond motifs is 2. The van der Waals surface area contributed by atoms with Crippen molar-refractivity contribution in [2.75, 3.05) is 29.9 Å². The van der Waals surface area contributed by atoms with Crippen molar-refractivity contribution in [1.29, 1.82) is 0 Å². The zero-order valence-corrected chi connectivity index (χ0v) is 15.8. The predicted octanol–water partition coefficient (Wildman–Crippen LogP) is 0.271. The van der Waals surface area contributed by atoms with Crippen LogP contribution < -0.4 is 15.4 Å². The molecule has 4 heterocycles. The summed E-state index contributed by atoms with van der Waals surface area (Å²) < 4.78 is 3.22. The molecule has 0 aromatic carbocycles. The molecule has 140 valence electrons. The quantitative estimate of drug-likeness (QED) is 0.658. The first-order valence-corrected chi connectivity index (χ1v) is 9.25. The third-order valence-corrected chi connectivity index (χ3v) is 5.71. The van der Waals surface area contributed by atoms with Gasteiger partial charge in [-0.3, -0.25) is 14.0 Å². The molecule has 3 aromatic rings. The second-order valence-electron chi connectivity index (χ2n) is 7.51. The van der Waals surface area contributed by atoms with E-state index in [1.165, 1.54) is 12.0 Å². The minimum absolute atomic E-state index is 0.0735. The van der Waals surface area contributed by atoms with Gasteiger partial charge in [0.05, 0.1) is 11.7 Å². The molecular weight excluding hydrogens is 344 g/mol. The smallest absolute Gasteiger partial charge is 0.265 e. The van der Waals surface area contributed by atoms with E-state index in [1.807, 2.05) is 7.05 Å². The molecule has 1 saturated heterocycles. The lowest BCUT2D eigenvalue weighted by molar-refractivity contribution is 0.479. The van der Waals surface area contributed by atoms with Crippen molar-refractivity contribution in [3.63, 3.8) is 0 Å². The largest absolute Gasteiger partial charge is 0.351 e. The fourth-order valence-electron chi connectivity index (χ4n) is 3.99. The van der Waals surface area contributed by atoms with E-state index >= 15 is 0 Å². The number of aromatic nitrogens is 6. The van der Waals surface area contributed by atoms with Crippen LogP contribution in [0.3, 0.4) is 0 Å². The van der Waals surface area contributed by atoms with Gasteiger partial charge < -0.3 is 9.80 Å². The fraction of sp³-hybridized carbons (Fsp3) is 0.500. The Morgan fingerprint density at radius 3 is 2.81 bits per heavy atom. The van der Waals surface area contributed by atoms with Crippen LogP contribution >= 0.6 is 0 Å². The summed E-state index contributed by atoms with van der Waals surface area (Å²) in [5.41, 5.74) is 2.90. The number of aryl methyl sites for hydroxylation is 3. The molecule has 1 aliphatic heterocycles. The van der Waals surface area contributed by atoms with Crippen LogP contribution in [0, 0.1) is 0 Å². The molecule has 0 radical (unpaired) electrons. The summed E-state index contributed by atoms with van der Waals surface area (Å²) in [7, 11) is 5.54. The first-order valence-electron chi connectivity index (χ1n) is 9.25. The summed E-state index contributed by atoms with van der Waals surface area (Å²) in [6, 6.07) is 2.44. The van der Waals surface area contributed by atoms with Crippen LogP contribution in [0.25, 0.3) is 11.0 Å². The number of anilines is 2. The number of hydrogen-bond donors (Lipinski definition) is 0. The Balaban J connectivity index is 1.37. The van der Waals surface area contributed by atoms with Crippen LogP contribution in [-0.2, 0) is 26.9 Å². The Labute approximate surface area is 156 Å². The molecule has 0 bridgehead atoms. The van der Waals surface area contributed by atoms with Gasteiger partial charge in [0.2, 0.25) is 5.95 Å². The highest BCUT2D eigenvalue weighted by atomic mass is 16.1. The van der Waals surface area contributed by atoms with Gasteiger partial charge in [-0.05, 0) is 30.9 Å². The van der Waals surface area contributed by atoms with Crippen LogP contribution in [0.5, 0.6) is 0 Å². The van der Waals surface area contributed by atoms with E-state index in [2.05, 4.69) is 36.1 Å². The van der Waals surface area contributed by atoms with Crippen molar-refractivity contribution in [2.45, 2.75) is 25.3 Å². The number of hydrogen-bond acceptors (Lipinski definition) is 7. The number of likely N-dealkylation sites (N-methyl/N-ethyl adjacent to an activating group) is 1. The maximum atomic E-state index is 12.6. The van der Waals surface area contributed by atoms with Gasteiger partial charge in [-0.2, -0.15) is 15.2 Å². The van der Waals surface area contributed by atoms with Gasteiger partial charge in [0.15, 0.2) is 11.5 Å². The molecule has 5 rings (SSSR count). The third kappa shape index (κ3) is 2.48. The average molecular weight is 366 g/mol. The van der Waals surface area contributed by atoms with Gasteiger partial charge in [0.1, 0.15) is 5.39 Å². The van der Waals surface area contributed by atoms with E-state index < -0.39 is 0 Å². The van der Waals surface area contributed by atoms with Crippen molar-refractivity contribution in [1.82, 2.24) is 29.5 Å². The Morgan fingerprint density at radius 1 is 1.19 bits per heavy atom. The van der Waals surface area contributed by atoms with Crippen molar-refractivity contribution in [2.24, 2.45) is 14.1 Å². The number of rotatable bonds is 3. The molecule has 0 N–H and O–H groups in total. The maximum Gasteiger partial charge on any atom is 0.265 e. The summed E-state index contributed by atoms with van der Waals surface area (Å²) >= 11 is 0. The molecule has 27 heavy (non-hydrogen) atoms. The summed E-state index contributed by atoms with van der Waals surface area (Å²) in [6.45, 7) is 1.67. The van der Waals surface area contributed by atoms with Crippen LogP contribution in [0.1, 0.15) is 17.7 Å². The predicted molar refractivity (Wildman–Crippen MR) is 102 cm³/mol. The molecule has 1 fully saturated rings. The van der Waals surface area contributed by atoms with Crippen LogP contribution in [-0.4, -0.2) is 55.7 Å². The van der Waals surface area contributed by atoms with Gasteiger partial charge in [-0.15, -0.1) is 5.10 Å². The maximum absolute atomic E-state index is 12.6. The second kappa shape index (κ2) is 5.77. The van der Waals surface area contributed by atoms with Crippen LogP contribution in [0.15, 0.2) is 17.1 Å². The first-order chi connectivity index (χ1) is 13.0. The van der Waals surface area contributed by atoms with Crippen molar-refractivity contribution in [3.05, 3.63) is 33.9 Å². The molecule has 0 saturated carbocycles. The van der Waals surface area contributed by atoms with E-state index in [-0.39, 0.29) is 11.6 Å². The summed E-state index contributed by atoms with van der Waals surface area (Å²) in [4.78, 5) is 21.5. The van der Waals surface area contributed by atoms with Crippen molar-refractivity contribution >= 4 is 22.8 Å². The Kier molecular flexibility index (Phi) is 3.46. The lowest BCUT2D eigenvalue weighted by Crippen LogP contribution is -2.60. The van der Waals surface area contributed by atoms with Crippen molar-refractivity contribution < 1.29 is 0 Å². The normalized spacial score (nSPS) is 16.6. The lowest BCUT2D eigenvalue weighted by atomic mass is 10.1. The highest BCUT2D eigenvalue weighted by molar-refractivity contribution is 5.74. The SMILES string of the molecule is CN(c1nc2nn(C)cc2c(=O)n1C)C1CN(c2cc3c(nn2)CCC3)C1. The van der Waals surface area contributed by atoms with Gasteiger partial charge in [0.25, 0.3) is 5.56 Å². The molecule has 0 unspecified atom stereocenters. The lowest BCUT2D eigenvalue weighted by Gasteiger charge is -2.44. The molecule has 9 nitrogen and oxygen atoms in total. The second-order valence-corrected chi connectivity index (χ2v) is 7.51. The van der Waals surface area contributed by atoms with E-state index in [0.29, 0.717) is 17.0 Å². The zero-order chi connectivity index (χ0) is 18.7. The van der Waals surface area contributed by atoms with Crippen molar-refractivity contribution in [3.8, 4) is 0 Å². The van der Waals surface area contributed by atoms with E-state index in [4.69, 9.17) is 0 Å². The van der Waals surface area contributed by atoms with Gasteiger partial charge >= 0.3 is 0 Å². The Bertz CT molecular complexity index is 1090. The van der Waals surface area contributed by atoms with Gasteiger partial charge in [0, 0.05) is 40.4 Å². The molecule has 3 aromatic heterocycles. The highest BCUT2D eigenvalue weighted by Crippen LogP contribution is 2.27. The minimum Gasteiger partial charge on any atom is -0.351 e. The number of nitrogens with zero attached hydrogens (tertiary/aromatic N) is 8. The van der Waals surface area contributed by atoms with Crippen LogP contribution in [0.2, 0.25) is 0 Å². The molecule has 2 aliphatic rings.